The molecule has 1 unspecified atom stereocenters. The molecule has 0 aromatic heterocycles. The van der Waals surface area contributed by atoms with E-state index in [4.69, 9.17) is 14.2 Å². The molecule has 0 aliphatic carbocycles. The van der Waals surface area contributed by atoms with E-state index in [1.165, 1.54) is 25.3 Å². The first-order valence-electron chi connectivity index (χ1n) is 8.55. The van der Waals surface area contributed by atoms with Gasteiger partial charge in [-0.15, -0.1) is 0 Å². The van der Waals surface area contributed by atoms with Crippen molar-refractivity contribution in [1.82, 2.24) is 0 Å². The van der Waals surface area contributed by atoms with Crippen LogP contribution in [0.4, 0.5) is 11.4 Å². The number of nitrogens with one attached hydrogen (secondary N) is 1. The SMILES string of the molecule is COc1cc([N+](=O)[O-])ccc1NC(=O)c1ccc(OCC2CCCO2)cc1. The van der Waals surface area contributed by atoms with Crippen LogP contribution >= 0.6 is 0 Å². The Hall–Kier alpha value is -3.13. The molecule has 1 saturated heterocycles. The quantitative estimate of drug-likeness (QED) is 0.590. The first kappa shape index (κ1) is 18.7. The molecule has 8 nitrogen and oxygen atoms in total. The summed E-state index contributed by atoms with van der Waals surface area (Å²) in [5.41, 5.74) is 0.671. The maximum absolute atomic E-state index is 12.4. The summed E-state index contributed by atoms with van der Waals surface area (Å²) in [4.78, 5) is 22.7. The van der Waals surface area contributed by atoms with Gasteiger partial charge in [-0.1, -0.05) is 0 Å². The number of nitrogens with zero attached hydrogens (tertiary/aromatic N) is 1. The molecule has 1 aliphatic heterocycles. The van der Waals surface area contributed by atoms with Crippen molar-refractivity contribution >= 4 is 17.3 Å². The van der Waals surface area contributed by atoms with Crippen LogP contribution in [0.25, 0.3) is 0 Å². The van der Waals surface area contributed by atoms with Crippen LogP contribution in [0.5, 0.6) is 11.5 Å². The number of benzene rings is 2. The van der Waals surface area contributed by atoms with E-state index < -0.39 is 4.92 Å². The highest BCUT2D eigenvalue weighted by molar-refractivity contribution is 6.05. The second-order valence-electron chi connectivity index (χ2n) is 6.07. The first-order valence-corrected chi connectivity index (χ1v) is 8.55. The monoisotopic (exact) mass is 372 g/mol. The molecule has 0 spiro atoms. The number of hydrogen-bond acceptors (Lipinski definition) is 6. The third-order valence-corrected chi connectivity index (χ3v) is 4.22. The van der Waals surface area contributed by atoms with Gasteiger partial charge in [0.2, 0.25) is 0 Å². The van der Waals surface area contributed by atoms with Crippen molar-refractivity contribution in [3.05, 3.63) is 58.1 Å². The highest BCUT2D eigenvalue weighted by atomic mass is 16.6. The summed E-state index contributed by atoms with van der Waals surface area (Å²) in [7, 11) is 1.38. The fraction of sp³-hybridized carbons (Fsp3) is 0.316. The number of non-ortho nitro benzene ring substituents is 1. The van der Waals surface area contributed by atoms with Gasteiger partial charge in [-0.25, -0.2) is 0 Å². The lowest BCUT2D eigenvalue weighted by Gasteiger charge is -2.12. The van der Waals surface area contributed by atoms with Crippen LogP contribution < -0.4 is 14.8 Å². The molecule has 1 amide bonds. The van der Waals surface area contributed by atoms with E-state index in [0.717, 1.165) is 19.4 Å². The Morgan fingerprint density at radius 3 is 2.70 bits per heavy atom. The van der Waals surface area contributed by atoms with Gasteiger partial charge in [0, 0.05) is 18.2 Å². The van der Waals surface area contributed by atoms with E-state index in [1.807, 2.05) is 0 Å². The van der Waals surface area contributed by atoms with E-state index in [0.29, 0.717) is 23.6 Å². The predicted molar refractivity (Wildman–Crippen MR) is 98.5 cm³/mol. The number of nitro groups is 1. The smallest absolute Gasteiger partial charge is 0.273 e. The molecule has 8 heteroatoms. The van der Waals surface area contributed by atoms with Gasteiger partial charge < -0.3 is 19.5 Å². The Morgan fingerprint density at radius 2 is 2.07 bits per heavy atom. The molecule has 1 atom stereocenters. The predicted octanol–water partition coefficient (Wildman–Crippen LogP) is 3.41. The van der Waals surface area contributed by atoms with Gasteiger partial charge in [0.25, 0.3) is 11.6 Å². The molecule has 1 N–H and O–H groups in total. The van der Waals surface area contributed by atoms with Crippen LogP contribution in [0.1, 0.15) is 23.2 Å². The number of amides is 1. The summed E-state index contributed by atoms with van der Waals surface area (Å²) in [6.45, 7) is 1.27. The molecule has 0 bridgehead atoms. The molecule has 27 heavy (non-hydrogen) atoms. The van der Waals surface area contributed by atoms with Gasteiger partial charge in [-0.3, -0.25) is 14.9 Å². The summed E-state index contributed by atoms with van der Waals surface area (Å²) in [5, 5.41) is 13.5. The summed E-state index contributed by atoms with van der Waals surface area (Å²) in [6, 6.07) is 10.7. The zero-order valence-electron chi connectivity index (χ0n) is 14.8. The number of nitro benzene ring substituents is 1. The third kappa shape index (κ3) is 4.73. The van der Waals surface area contributed by atoms with Crippen molar-refractivity contribution in [2.24, 2.45) is 0 Å². The Labute approximate surface area is 156 Å². The average molecular weight is 372 g/mol. The van der Waals surface area contributed by atoms with Crippen LogP contribution in [0.3, 0.4) is 0 Å². The molecule has 3 rings (SSSR count). The highest BCUT2D eigenvalue weighted by Gasteiger charge is 2.17. The fourth-order valence-electron chi connectivity index (χ4n) is 2.76. The minimum absolute atomic E-state index is 0.113. The van der Waals surface area contributed by atoms with Crippen LogP contribution in [0.2, 0.25) is 0 Å². The zero-order valence-corrected chi connectivity index (χ0v) is 14.8. The maximum Gasteiger partial charge on any atom is 0.273 e. The number of rotatable bonds is 7. The molecule has 142 valence electrons. The topological polar surface area (TPSA) is 99.9 Å². The van der Waals surface area contributed by atoms with Gasteiger partial charge in [0.15, 0.2) is 0 Å². The molecule has 2 aromatic rings. The van der Waals surface area contributed by atoms with Gasteiger partial charge >= 0.3 is 0 Å². The number of carbonyl (C=O) groups excluding carboxylic acids is 1. The van der Waals surface area contributed by atoms with Crippen molar-refractivity contribution in [2.45, 2.75) is 18.9 Å². The standard InChI is InChI=1S/C19H20N2O6/c1-25-18-11-14(21(23)24)6-9-17(18)20-19(22)13-4-7-15(8-5-13)27-12-16-3-2-10-26-16/h4-9,11,16H,2-3,10,12H2,1H3,(H,20,22). The number of anilines is 1. The van der Waals surface area contributed by atoms with E-state index in [9.17, 15) is 14.9 Å². The zero-order chi connectivity index (χ0) is 19.2. The molecule has 1 aliphatic rings. The second kappa shape index (κ2) is 8.50. The van der Waals surface area contributed by atoms with Gasteiger partial charge in [-0.05, 0) is 43.2 Å². The van der Waals surface area contributed by atoms with E-state index >= 15 is 0 Å². The van der Waals surface area contributed by atoms with Crippen molar-refractivity contribution in [3.63, 3.8) is 0 Å². The molecule has 1 fully saturated rings. The Morgan fingerprint density at radius 1 is 1.30 bits per heavy atom. The average Bonchev–Trinajstić information content (AvgIpc) is 3.20. The van der Waals surface area contributed by atoms with Crippen molar-refractivity contribution < 1.29 is 23.9 Å². The first-order chi connectivity index (χ1) is 13.1. The molecule has 0 radical (unpaired) electrons. The normalized spacial score (nSPS) is 16.0. The number of hydrogen-bond donors (Lipinski definition) is 1. The Balaban J connectivity index is 1.63. The van der Waals surface area contributed by atoms with Crippen LogP contribution in [0, 0.1) is 10.1 Å². The second-order valence-corrected chi connectivity index (χ2v) is 6.07. The van der Waals surface area contributed by atoms with Crippen molar-refractivity contribution in [1.29, 1.82) is 0 Å². The third-order valence-electron chi connectivity index (χ3n) is 4.22. The summed E-state index contributed by atoms with van der Waals surface area (Å²) >= 11 is 0. The van der Waals surface area contributed by atoms with E-state index in [2.05, 4.69) is 5.32 Å². The molecular formula is C19H20N2O6. The van der Waals surface area contributed by atoms with Gasteiger partial charge in [0.1, 0.15) is 18.1 Å². The molecule has 1 heterocycles. The minimum Gasteiger partial charge on any atom is -0.494 e. The van der Waals surface area contributed by atoms with Crippen molar-refractivity contribution in [2.75, 3.05) is 25.6 Å². The summed E-state index contributed by atoms with van der Waals surface area (Å²) in [5.74, 6) is 0.525. The Kier molecular flexibility index (Phi) is 5.87. The Bertz CT molecular complexity index is 815. The number of carbonyl (C=O) groups is 1. The van der Waals surface area contributed by atoms with E-state index in [1.54, 1.807) is 24.3 Å². The summed E-state index contributed by atoms with van der Waals surface area (Å²) < 4.78 is 16.3. The van der Waals surface area contributed by atoms with E-state index in [-0.39, 0.29) is 23.4 Å². The minimum atomic E-state index is -0.524. The molecular weight excluding hydrogens is 352 g/mol. The van der Waals surface area contributed by atoms with Crippen LogP contribution in [-0.2, 0) is 4.74 Å². The lowest BCUT2D eigenvalue weighted by Crippen LogP contribution is -2.16. The van der Waals surface area contributed by atoms with Gasteiger partial charge in [-0.2, -0.15) is 0 Å². The molecule has 2 aromatic carbocycles. The van der Waals surface area contributed by atoms with Crippen LogP contribution in [-0.4, -0.2) is 37.3 Å². The largest absolute Gasteiger partial charge is 0.494 e. The maximum atomic E-state index is 12.4. The number of ether oxygens (including phenoxy) is 3. The lowest BCUT2D eigenvalue weighted by atomic mass is 10.2. The summed E-state index contributed by atoms with van der Waals surface area (Å²) in [6.07, 6.45) is 2.18. The van der Waals surface area contributed by atoms with Gasteiger partial charge in [0.05, 0.1) is 29.9 Å². The van der Waals surface area contributed by atoms with Crippen LogP contribution in [0.15, 0.2) is 42.5 Å². The lowest BCUT2D eigenvalue weighted by molar-refractivity contribution is -0.384. The number of methoxy groups -OCH3 is 1. The molecule has 0 saturated carbocycles. The highest BCUT2D eigenvalue weighted by Crippen LogP contribution is 2.29. The van der Waals surface area contributed by atoms with Crippen molar-refractivity contribution in [3.8, 4) is 11.5 Å². The fourth-order valence-corrected chi connectivity index (χ4v) is 2.76.